The maximum absolute atomic E-state index is 13.8. The molecule has 0 aliphatic heterocycles. The number of ether oxygens (including phenoxy) is 2. The molecule has 512 valence electrons. The van der Waals surface area contributed by atoms with E-state index < -0.39 is 32.1 Å². The smallest absolute Gasteiger partial charge is 0.241 e. The Morgan fingerprint density at radius 1 is 0.436 bits per heavy atom. The van der Waals surface area contributed by atoms with Crippen molar-refractivity contribution in [2.75, 3.05) is 26.3 Å². The maximum atomic E-state index is 13.8. The summed E-state index contributed by atoms with van der Waals surface area (Å²) in [5.41, 5.74) is 11.4. The quantitative estimate of drug-likeness (QED) is 0.0315. The van der Waals surface area contributed by atoms with E-state index in [1.54, 1.807) is 48.5 Å². The molecule has 6 aromatic rings. The van der Waals surface area contributed by atoms with Crippen molar-refractivity contribution in [3.63, 3.8) is 0 Å². The number of nitrogens with one attached hydrogen (secondary N) is 4. The van der Waals surface area contributed by atoms with Gasteiger partial charge in [-0.3, -0.25) is 9.59 Å². The number of carbonyl (C=O) groups excluding carboxylic acids is 2. The van der Waals surface area contributed by atoms with Crippen molar-refractivity contribution in [3.05, 3.63) is 175 Å². The molecule has 14 nitrogen and oxygen atoms in total. The standard InChI is InChI=1S/C78H108N4O10S2/c1-19-51(5)67(81-93(87,88)65-29-25-49(3)26-30-65)73(85)79-33-21-23-35-91-71-57-37-53-41-61(75(7,8)9)43-55(69(53)83)39-59-47-64(78(16,17)18)48-60(40-56-44-62(76(10,11)12)42-54(70(56)84)38-58(71)46-63(45-57)77(13,14)15)72(59)92-36-24-22-34-80-74(86)68(52(6)20-2)82-94(89,90)66-31-27-50(4)28-32-66/h25-32,41-48,51-52,67-68,81-84H,19-24,33-40H2,1-18H3,(H,79,85)(H,80,86)/t51-,52-,67-,68-/m0/s1. The van der Waals surface area contributed by atoms with Crippen LogP contribution in [0.1, 0.15) is 227 Å². The Bertz CT molecular complexity index is 3520. The van der Waals surface area contributed by atoms with Crippen LogP contribution in [0.3, 0.4) is 0 Å². The normalized spacial score (nSPS) is 14.6. The van der Waals surface area contributed by atoms with Gasteiger partial charge >= 0.3 is 0 Å². The fraction of sp³-hybridized carbons (Fsp3) is 0.513. The topological polar surface area (TPSA) is 209 Å². The summed E-state index contributed by atoms with van der Waals surface area (Å²) in [6.07, 6.45) is 4.68. The van der Waals surface area contributed by atoms with E-state index in [9.17, 15) is 36.6 Å². The van der Waals surface area contributed by atoms with Crippen molar-refractivity contribution in [1.29, 1.82) is 0 Å². The first-order chi connectivity index (χ1) is 43.8. The van der Waals surface area contributed by atoms with E-state index in [4.69, 9.17) is 9.47 Å². The number of unbranched alkanes of at least 4 members (excludes halogenated alkanes) is 2. The van der Waals surface area contributed by atoms with Gasteiger partial charge in [-0.15, -0.1) is 0 Å². The molecule has 94 heavy (non-hydrogen) atoms. The van der Waals surface area contributed by atoms with Crippen LogP contribution in [-0.2, 0) is 77.0 Å². The summed E-state index contributed by atoms with van der Waals surface area (Å²) in [6.45, 7) is 38.7. The number of carbonyl (C=O) groups is 2. The molecule has 0 unspecified atom stereocenters. The van der Waals surface area contributed by atoms with Gasteiger partial charge in [0.25, 0.3) is 0 Å². The molecule has 0 heterocycles. The highest BCUT2D eigenvalue weighted by atomic mass is 32.2. The third-order valence-corrected chi connectivity index (χ3v) is 21.4. The first-order valence-corrected chi connectivity index (χ1v) is 36.8. The van der Waals surface area contributed by atoms with Crippen molar-refractivity contribution in [3.8, 4) is 23.0 Å². The number of phenolic OH excluding ortho intramolecular Hbond substituents is 2. The lowest BCUT2D eigenvalue weighted by molar-refractivity contribution is -0.124. The monoisotopic (exact) mass is 1320 g/mol. The van der Waals surface area contributed by atoms with Crippen LogP contribution < -0.4 is 29.6 Å². The Morgan fingerprint density at radius 3 is 0.936 bits per heavy atom. The summed E-state index contributed by atoms with van der Waals surface area (Å²) in [6, 6.07) is 28.5. The number of fused-ring (bicyclic) bond motifs is 8. The molecule has 0 aromatic heterocycles. The third-order valence-electron chi connectivity index (χ3n) is 18.5. The fourth-order valence-corrected chi connectivity index (χ4v) is 14.3. The second-order valence-corrected chi connectivity index (χ2v) is 34.0. The van der Waals surface area contributed by atoms with E-state index in [-0.39, 0.29) is 79.8 Å². The molecule has 2 amide bonds. The average molecular weight is 1330 g/mol. The molecule has 0 fully saturated rings. The van der Waals surface area contributed by atoms with Crippen LogP contribution in [0.5, 0.6) is 23.0 Å². The van der Waals surface area contributed by atoms with Gasteiger partial charge in [-0.1, -0.05) is 208 Å². The Morgan fingerprint density at radius 2 is 0.691 bits per heavy atom. The van der Waals surface area contributed by atoms with Gasteiger partial charge in [0.1, 0.15) is 35.1 Å². The minimum absolute atomic E-state index is 0.102. The molecule has 6 aromatic carbocycles. The lowest BCUT2D eigenvalue weighted by atomic mass is 9.79. The SMILES string of the molecule is CC[C@H](C)[C@H](NS(=O)(=O)c1ccc(C)cc1)C(=O)NCCCCOc1c2cc(C(C)(C)C)cc1Cc1cc(C(C)(C)C)cc(c1O)Cc1cc(C(C)(C)C)cc(c1OCCCCNC(=O)[C@@H](NS(=O)(=O)c1ccc(C)cc1)[C@@H](C)CC)Cc1cc(C(C)(C)C)cc(c1O)C2. The second kappa shape index (κ2) is 30.6. The molecule has 16 heteroatoms. The number of phenols is 2. The summed E-state index contributed by atoms with van der Waals surface area (Å²) in [5, 5.41) is 31.9. The number of hydrogen-bond donors (Lipinski definition) is 6. The number of hydrogen-bond acceptors (Lipinski definition) is 10. The maximum Gasteiger partial charge on any atom is 0.241 e. The molecule has 0 saturated carbocycles. The number of rotatable bonds is 24. The molecular weight excluding hydrogens is 1220 g/mol. The summed E-state index contributed by atoms with van der Waals surface area (Å²) in [4.78, 5) is 27.8. The van der Waals surface area contributed by atoms with E-state index in [0.29, 0.717) is 88.8 Å². The highest BCUT2D eigenvalue weighted by molar-refractivity contribution is 7.89. The van der Waals surface area contributed by atoms with Crippen LogP contribution in [0, 0.1) is 25.7 Å². The van der Waals surface area contributed by atoms with Crippen LogP contribution in [-0.4, -0.2) is 77.2 Å². The molecule has 4 atom stereocenters. The van der Waals surface area contributed by atoms with Gasteiger partial charge in [-0.05, 0) is 164 Å². The summed E-state index contributed by atoms with van der Waals surface area (Å²) in [7, 11) is -7.95. The molecule has 1 aliphatic rings. The van der Waals surface area contributed by atoms with Gasteiger partial charge in [-0.2, -0.15) is 9.44 Å². The molecule has 7 rings (SSSR count). The fourth-order valence-electron chi connectivity index (χ4n) is 11.7. The number of sulfonamides is 2. The van der Waals surface area contributed by atoms with Gasteiger partial charge in [-0.25, -0.2) is 16.8 Å². The van der Waals surface area contributed by atoms with Crippen molar-refractivity contribution in [2.24, 2.45) is 11.8 Å². The molecule has 6 N–H and O–H groups in total. The number of aromatic hydroxyl groups is 2. The minimum atomic E-state index is -3.97. The lowest BCUT2D eigenvalue weighted by Crippen LogP contribution is -2.50. The van der Waals surface area contributed by atoms with Crippen LogP contribution >= 0.6 is 0 Å². The van der Waals surface area contributed by atoms with Crippen LogP contribution in [0.4, 0.5) is 0 Å². The Hall–Kier alpha value is -6.72. The van der Waals surface area contributed by atoms with E-state index in [1.807, 2.05) is 41.5 Å². The third kappa shape index (κ3) is 19.3. The molecule has 8 bridgehead atoms. The number of amides is 2. The molecular formula is C78H108N4O10S2. The number of aryl methyl sites for hydroxylation is 2. The van der Waals surface area contributed by atoms with Crippen LogP contribution in [0.15, 0.2) is 107 Å². The molecule has 0 spiro atoms. The minimum Gasteiger partial charge on any atom is -0.507 e. The van der Waals surface area contributed by atoms with Crippen molar-refractivity contribution in [2.45, 2.75) is 232 Å². The van der Waals surface area contributed by atoms with Gasteiger partial charge in [0.2, 0.25) is 31.9 Å². The zero-order valence-electron chi connectivity index (χ0n) is 59.4. The number of benzene rings is 6. The van der Waals surface area contributed by atoms with E-state index in [1.165, 1.54) is 0 Å². The molecule has 1 aliphatic carbocycles. The van der Waals surface area contributed by atoms with Crippen molar-refractivity contribution in [1.82, 2.24) is 20.1 Å². The lowest BCUT2D eigenvalue weighted by Gasteiger charge is -2.28. The van der Waals surface area contributed by atoms with Crippen molar-refractivity contribution >= 4 is 31.9 Å². The summed E-state index contributed by atoms with van der Waals surface area (Å²) < 4.78 is 73.5. The Kier molecular flexibility index (Phi) is 24.3. The average Bonchev–Trinajstić information content (AvgIpc) is 0.775. The second-order valence-electron chi connectivity index (χ2n) is 30.5. The molecule has 0 saturated heterocycles. The summed E-state index contributed by atoms with van der Waals surface area (Å²) in [5.74, 6) is 0.387. The van der Waals surface area contributed by atoms with Crippen LogP contribution in [0.25, 0.3) is 0 Å². The molecule has 0 radical (unpaired) electrons. The first-order valence-electron chi connectivity index (χ1n) is 33.8. The summed E-state index contributed by atoms with van der Waals surface area (Å²) >= 11 is 0. The van der Waals surface area contributed by atoms with E-state index in [0.717, 1.165) is 77.9 Å². The Labute approximate surface area is 563 Å². The van der Waals surface area contributed by atoms with E-state index >= 15 is 0 Å². The predicted octanol–water partition coefficient (Wildman–Crippen LogP) is 14.9. The van der Waals surface area contributed by atoms with E-state index in [2.05, 4.69) is 152 Å². The zero-order chi connectivity index (χ0) is 69.5. The van der Waals surface area contributed by atoms with Crippen molar-refractivity contribution < 1.29 is 46.1 Å². The van der Waals surface area contributed by atoms with Gasteiger partial charge in [0.15, 0.2) is 0 Å². The Balaban J connectivity index is 1.24. The van der Waals surface area contributed by atoms with Crippen LogP contribution in [0.2, 0.25) is 0 Å². The predicted molar refractivity (Wildman–Crippen MR) is 380 cm³/mol. The van der Waals surface area contributed by atoms with Gasteiger partial charge in [0, 0.05) is 38.8 Å². The zero-order valence-corrected chi connectivity index (χ0v) is 61.1. The first kappa shape index (κ1) is 74.7. The highest BCUT2D eigenvalue weighted by Gasteiger charge is 2.33. The van der Waals surface area contributed by atoms with Gasteiger partial charge < -0.3 is 30.3 Å². The van der Waals surface area contributed by atoms with Gasteiger partial charge in [0.05, 0.1) is 23.0 Å². The largest absolute Gasteiger partial charge is 0.507 e. The highest BCUT2D eigenvalue weighted by Crippen LogP contribution is 2.44.